The summed E-state index contributed by atoms with van der Waals surface area (Å²) in [6.07, 6.45) is 0. The lowest BCUT2D eigenvalue weighted by atomic mass is 10.2. The van der Waals surface area contributed by atoms with Gasteiger partial charge in [-0.1, -0.05) is 83.0 Å². The van der Waals surface area contributed by atoms with Crippen LogP contribution in [-0.4, -0.2) is 25.1 Å². The molecule has 0 saturated carbocycles. The summed E-state index contributed by atoms with van der Waals surface area (Å²) in [4.78, 5) is 15.2. The third kappa shape index (κ3) is 4.62. The summed E-state index contributed by atoms with van der Waals surface area (Å²) in [5, 5.41) is 13.7. The van der Waals surface area contributed by atoms with E-state index in [1.807, 2.05) is 48.5 Å². The summed E-state index contributed by atoms with van der Waals surface area (Å²) < 4.78 is 0.833. The van der Waals surface area contributed by atoms with Gasteiger partial charge in [-0.15, -0.1) is 10.2 Å². The molecule has 3 heterocycles. The van der Waals surface area contributed by atoms with Crippen LogP contribution in [0, 0.1) is 0 Å². The number of anilines is 2. The maximum absolute atomic E-state index is 4.78. The molecule has 0 radical (unpaired) electrons. The molecule has 0 atom stereocenters. The predicted molar refractivity (Wildman–Crippen MR) is 125 cm³/mol. The van der Waals surface area contributed by atoms with Crippen LogP contribution in [0.4, 0.5) is 10.8 Å². The average Bonchev–Trinajstić information content (AvgIpc) is 3.43. The molecule has 5 rings (SSSR count). The van der Waals surface area contributed by atoms with E-state index in [9.17, 15) is 0 Å². The van der Waals surface area contributed by atoms with Gasteiger partial charge in [0.1, 0.15) is 16.1 Å². The third-order valence-electron chi connectivity index (χ3n) is 3.97. The van der Waals surface area contributed by atoms with Crippen LogP contribution in [0.1, 0.15) is 5.56 Å². The highest BCUT2D eigenvalue weighted by atomic mass is 32.2. The summed E-state index contributed by atoms with van der Waals surface area (Å²) in [5.74, 6) is 0.809. The van der Waals surface area contributed by atoms with Gasteiger partial charge in [0, 0.05) is 11.4 Å². The van der Waals surface area contributed by atoms with Gasteiger partial charge in [-0.2, -0.15) is 0 Å². The smallest absolute Gasteiger partial charge is 0.190 e. The SMILES string of the molecule is c1ccc(CSc2nc(Sc3nncs3)c3nc(Nc4ccccc4)sc3n2)cc1. The standard InChI is InChI=1S/C20H14N6S4/c1-3-7-13(8-4-1)11-27-18-24-16-15(17(25-18)30-20-26-21-12-28-20)23-19(29-16)22-14-9-5-2-6-10-14/h1-10,12H,11H2,(H,22,23). The quantitative estimate of drug-likeness (QED) is 0.174. The number of nitrogens with one attached hydrogen (secondary N) is 1. The number of fused-ring (bicyclic) bond motifs is 1. The molecule has 3 aromatic heterocycles. The van der Waals surface area contributed by atoms with Crippen molar-refractivity contribution in [2.24, 2.45) is 0 Å². The molecule has 0 aliphatic carbocycles. The Kier molecular flexibility index (Phi) is 5.89. The Labute approximate surface area is 189 Å². The van der Waals surface area contributed by atoms with E-state index in [2.05, 4.69) is 27.6 Å². The molecular formula is C20H14N6S4. The summed E-state index contributed by atoms with van der Waals surface area (Å²) in [5.41, 5.74) is 4.72. The lowest BCUT2D eigenvalue weighted by Crippen LogP contribution is -1.92. The molecule has 0 aliphatic heterocycles. The number of aromatic nitrogens is 5. The molecule has 0 spiro atoms. The molecule has 2 aromatic carbocycles. The highest BCUT2D eigenvalue weighted by Crippen LogP contribution is 2.37. The second kappa shape index (κ2) is 9.09. The first-order chi connectivity index (χ1) is 14.8. The van der Waals surface area contributed by atoms with E-state index in [0.29, 0.717) is 0 Å². The number of benzene rings is 2. The van der Waals surface area contributed by atoms with Crippen molar-refractivity contribution >= 4 is 67.4 Å². The van der Waals surface area contributed by atoms with Gasteiger partial charge in [-0.3, -0.25) is 0 Å². The maximum Gasteiger partial charge on any atom is 0.190 e. The molecule has 0 aliphatic rings. The Bertz CT molecular complexity index is 1240. The monoisotopic (exact) mass is 466 g/mol. The first-order valence-electron chi connectivity index (χ1n) is 8.95. The molecule has 0 bridgehead atoms. The van der Waals surface area contributed by atoms with E-state index in [1.165, 1.54) is 40.0 Å². The summed E-state index contributed by atoms with van der Waals surface area (Å²) in [7, 11) is 0. The van der Waals surface area contributed by atoms with Gasteiger partial charge >= 0.3 is 0 Å². The number of thioether (sulfide) groups is 1. The Morgan fingerprint density at radius 2 is 1.70 bits per heavy atom. The van der Waals surface area contributed by atoms with Crippen LogP contribution in [0.25, 0.3) is 10.3 Å². The maximum atomic E-state index is 4.78. The largest absolute Gasteiger partial charge is 0.331 e. The molecule has 1 N–H and O–H groups in total. The number of rotatable bonds is 7. The van der Waals surface area contributed by atoms with Gasteiger partial charge in [0.25, 0.3) is 0 Å². The Balaban J connectivity index is 1.47. The van der Waals surface area contributed by atoms with Gasteiger partial charge < -0.3 is 5.32 Å². The summed E-state index contributed by atoms with van der Waals surface area (Å²) >= 11 is 6.10. The normalized spacial score (nSPS) is 11.1. The summed E-state index contributed by atoms with van der Waals surface area (Å²) in [6.45, 7) is 0. The van der Waals surface area contributed by atoms with Crippen molar-refractivity contribution in [3.63, 3.8) is 0 Å². The van der Waals surface area contributed by atoms with Gasteiger partial charge in [0.15, 0.2) is 19.5 Å². The number of hydrogen-bond acceptors (Lipinski definition) is 10. The minimum Gasteiger partial charge on any atom is -0.331 e. The van der Waals surface area contributed by atoms with Crippen molar-refractivity contribution in [1.29, 1.82) is 0 Å². The first kappa shape index (κ1) is 19.4. The Morgan fingerprint density at radius 1 is 0.900 bits per heavy atom. The second-order valence-corrected chi connectivity index (χ2v) is 10.0. The first-order valence-corrected chi connectivity index (χ1v) is 12.4. The number of hydrogen-bond donors (Lipinski definition) is 1. The topological polar surface area (TPSA) is 76.5 Å². The number of thiazole rings is 1. The van der Waals surface area contributed by atoms with Crippen LogP contribution in [0.5, 0.6) is 0 Å². The van der Waals surface area contributed by atoms with E-state index in [1.54, 1.807) is 17.3 Å². The zero-order valence-electron chi connectivity index (χ0n) is 15.4. The molecule has 0 unspecified atom stereocenters. The van der Waals surface area contributed by atoms with Crippen molar-refractivity contribution in [2.75, 3.05) is 5.32 Å². The molecule has 30 heavy (non-hydrogen) atoms. The molecule has 5 aromatic rings. The molecular weight excluding hydrogens is 453 g/mol. The molecule has 0 saturated heterocycles. The van der Waals surface area contributed by atoms with Crippen LogP contribution in [-0.2, 0) is 5.75 Å². The lowest BCUT2D eigenvalue weighted by Gasteiger charge is -2.03. The zero-order chi connectivity index (χ0) is 20.2. The third-order valence-corrected chi connectivity index (χ3v) is 7.51. The average molecular weight is 467 g/mol. The van der Waals surface area contributed by atoms with Crippen molar-refractivity contribution in [3.05, 3.63) is 71.7 Å². The van der Waals surface area contributed by atoms with Gasteiger partial charge in [0.05, 0.1) is 0 Å². The molecule has 6 nitrogen and oxygen atoms in total. The van der Waals surface area contributed by atoms with Crippen molar-refractivity contribution < 1.29 is 0 Å². The fourth-order valence-electron chi connectivity index (χ4n) is 2.63. The van der Waals surface area contributed by atoms with E-state index in [-0.39, 0.29) is 0 Å². The number of nitrogens with zero attached hydrogens (tertiary/aromatic N) is 5. The van der Waals surface area contributed by atoms with Crippen molar-refractivity contribution in [3.8, 4) is 0 Å². The molecule has 0 amide bonds. The Hall–Kier alpha value is -2.53. The van der Waals surface area contributed by atoms with Gasteiger partial charge in [0.2, 0.25) is 0 Å². The fraction of sp³-hybridized carbons (Fsp3) is 0.0500. The van der Waals surface area contributed by atoms with E-state index in [4.69, 9.17) is 15.0 Å². The minimum absolute atomic E-state index is 0.730. The van der Waals surface area contributed by atoms with E-state index in [0.717, 1.165) is 41.4 Å². The van der Waals surface area contributed by atoms with Crippen LogP contribution in [0.2, 0.25) is 0 Å². The predicted octanol–water partition coefficient (Wildman–Crippen LogP) is 6.12. The number of para-hydroxylation sites is 1. The van der Waals surface area contributed by atoms with Crippen LogP contribution in [0.3, 0.4) is 0 Å². The highest BCUT2D eigenvalue weighted by Gasteiger charge is 2.16. The van der Waals surface area contributed by atoms with Gasteiger partial charge in [-0.05, 0) is 29.5 Å². The van der Waals surface area contributed by atoms with Crippen LogP contribution < -0.4 is 5.32 Å². The van der Waals surface area contributed by atoms with Crippen molar-refractivity contribution in [2.45, 2.75) is 20.3 Å². The van der Waals surface area contributed by atoms with Crippen molar-refractivity contribution in [1.82, 2.24) is 25.1 Å². The molecule has 0 fully saturated rings. The van der Waals surface area contributed by atoms with Crippen LogP contribution >= 0.6 is 46.2 Å². The highest BCUT2D eigenvalue weighted by molar-refractivity contribution is 8.01. The lowest BCUT2D eigenvalue weighted by molar-refractivity contribution is 0.925. The molecule has 148 valence electrons. The van der Waals surface area contributed by atoms with E-state index >= 15 is 0 Å². The Morgan fingerprint density at radius 3 is 2.47 bits per heavy atom. The van der Waals surface area contributed by atoms with Crippen LogP contribution in [0.15, 0.2) is 80.7 Å². The fourth-order valence-corrected chi connectivity index (χ4v) is 5.93. The van der Waals surface area contributed by atoms with E-state index < -0.39 is 0 Å². The summed E-state index contributed by atoms with van der Waals surface area (Å²) in [6, 6.07) is 20.3. The molecule has 10 heteroatoms. The zero-order valence-corrected chi connectivity index (χ0v) is 18.7. The van der Waals surface area contributed by atoms with Gasteiger partial charge in [-0.25, -0.2) is 15.0 Å². The second-order valence-electron chi connectivity index (χ2n) is 6.06. The minimum atomic E-state index is 0.730.